The SMILES string of the molecule is CCOC(=O)C(C)Oc1ccc(C)nc1CC(N)CC. The smallest absolute Gasteiger partial charge is 0.347 e. The second-order valence-corrected chi connectivity index (χ2v) is 4.78. The maximum Gasteiger partial charge on any atom is 0.347 e. The van der Waals surface area contributed by atoms with Gasteiger partial charge < -0.3 is 15.2 Å². The van der Waals surface area contributed by atoms with E-state index >= 15 is 0 Å². The standard InChI is InChI=1S/C15H24N2O3/c1-5-12(16)9-13-14(8-7-10(3)17-13)20-11(4)15(18)19-6-2/h7-8,11-12H,5-6,9,16H2,1-4H3. The number of aromatic nitrogens is 1. The van der Waals surface area contributed by atoms with E-state index < -0.39 is 6.10 Å². The van der Waals surface area contributed by atoms with E-state index in [0.717, 1.165) is 17.8 Å². The topological polar surface area (TPSA) is 74.4 Å². The Kier molecular flexibility index (Phi) is 6.45. The molecule has 2 N–H and O–H groups in total. The zero-order valence-electron chi connectivity index (χ0n) is 12.7. The van der Waals surface area contributed by atoms with Crippen LogP contribution in [0.3, 0.4) is 0 Å². The van der Waals surface area contributed by atoms with Crippen LogP contribution in [0.25, 0.3) is 0 Å². The molecule has 1 rings (SSSR count). The molecule has 20 heavy (non-hydrogen) atoms. The average Bonchev–Trinajstić information content (AvgIpc) is 2.41. The molecule has 5 nitrogen and oxygen atoms in total. The summed E-state index contributed by atoms with van der Waals surface area (Å²) in [4.78, 5) is 16.1. The molecule has 0 saturated heterocycles. The average molecular weight is 280 g/mol. The Morgan fingerprint density at radius 3 is 2.70 bits per heavy atom. The Labute approximate surface area is 120 Å². The molecule has 1 aromatic rings. The fourth-order valence-corrected chi connectivity index (χ4v) is 1.74. The van der Waals surface area contributed by atoms with E-state index in [4.69, 9.17) is 15.2 Å². The van der Waals surface area contributed by atoms with Crippen molar-refractivity contribution < 1.29 is 14.3 Å². The van der Waals surface area contributed by atoms with Crippen molar-refractivity contribution in [1.82, 2.24) is 4.98 Å². The van der Waals surface area contributed by atoms with Gasteiger partial charge in [-0.1, -0.05) is 6.92 Å². The number of nitrogens with zero attached hydrogens (tertiary/aromatic N) is 1. The van der Waals surface area contributed by atoms with Gasteiger partial charge in [-0.3, -0.25) is 4.98 Å². The van der Waals surface area contributed by atoms with Crippen LogP contribution in [0.5, 0.6) is 5.75 Å². The molecule has 0 aliphatic rings. The van der Waals surface area contributed by atoms with Gasteiger partial charge in [-0.2, -0.15) is 0 Å². The minimum absolute atomic E-state index is 0.0320. The van der Waals surface area contributed by atoms with Gasteiger partial charge in [0, 0.05) is 18.2 Å². The number of nitrogens with two attached hydrogens (primary N) is 1. The predicted octanol–water partition coefficient (Wildman–Crippen LogP) is 2.00. The van der Waals surface area contributed by atoms with Gasteiger partial charge >= 0.3 is 5.97 Å². The molecule has 0 spiro atoms. The van der Waals surface area contributed by atoms with E-state index in [2.05, 4.69) is 4.98 Å². The Bertz CT molecular complexity index is 449. The summed E-state index contributed by atoms with van der Waals surface area (Å²) < 4.78 is 10.6. The normalized spacial score (nSPS) is 13.7. The number of hydrogen-bond acceptors (Lipinski definition) is 5. The maximum absolute atomic E-state index is 11.6. The van der Waals surface area contributed by atoms with Crippen molar-refractivity contribution in [2.45, 2.75) is 52.7 Å². The van der Waals surface area contributed by atoms with Crippen molar-refractivity contribution in [3.05, 3.63) is 23.5 Å². The molecule has 1 aromatic heterocycles. The van der Waals surface area contributed by atoms with Gasteiger partial charge in [0.05, 0.1) is 12.3 Å². The highest BCUT2D eigenvalue weighted by Crippen LogP contribution is 2.20. The van der Waals surface area contributed by atoms with Crippen LogP contribution in [0.2, 0.25) is 0 Å². The van der Waals surface area contributed by atoms with E-state index in [1.54, 1.807) is 13.8 Å². The van der Waals surface area contributed by atoms with Crippen molar-refractivity contribution in [3.63, 3.8) is 0 Å². The van der Waals surface area contributed by atoms with Gasteiger partial charge in [0.25, 0.3) is 0 Å². The highest BCUT2D eigenvalue weighted by molar-refractivity contribution is 5.74. The number of rotatable bonds is 7. The van der Waals surface area contributed by atoms with Crippen LogP contribution in [0.4, 0.5) is 0 Å². The fourth-order valence-electron chi connectivity index (χ4n) is 1.74. The van der Waals surface area contributed by atoms with E-state index in [0.29, 0.717) is 18.8 Å². The molecule has 5 heteroatoms. The Hall–Kier alpha value is -1.62. The van der Waals surface area contributed by atoms with Crippen molar-refractivity contribution in [1.29, 1.82) is 0 Å². The summed E-state index contributed by atoms with van der Waals surface area (Å²) in [5.41, 5.74) is 7.66. The van der Waals surface area contributed by atoms with Crippen LogP contribution >= 0.6 is 0 Å². The summed E-state index contributed by atoms with van der Waals surface area (Å²) in [5.74, 6) is 0.221. The summed E-state index contributed by atoms with van der Waals surface area (Å²) in [6, 6.07) is 3.72. The van der Waals surface area contributed by atoms with Gasteiger partial charge in [0.1, 0.15) is 5.75 Å². The van der Waals surface area contributed by atoms with Crippen LogP contribution in [0.15, 0.2) is 12.1 Å². The molecule has 0 aromatic carbocycles. The van der Waals surface area contributed by atoms with Gasteiger partial charge in [-0.05, 0) is 39.3 Å². The number of carbonyl (C=O) groups excluding carboxylic acids is 1. The molecule has 2 atom stereocenters. The number of ether oxygens (including phenoxy) is 2. The first-order valence-corrected chi connectivity index (χ1v) is 7.03. The number of aryl methyl sites for hydroxylation is 1. The zero-order valence-corrected chi connectivity index (χ0v) is 12.7. The molecule has 0 radical (unpaired) electrons. The predicted molar refractivity (Wildman–Crippen MR) is 77.7 cm³/mol. The Morgan fingerprint density at radius 2 is 2.10 bits per heavy atom. The largest absolute Gasteiger partial charge is 0.477 e. The first kappa shape index (κ1) is 16.4. The van der Waals surface area contributed by atoms with Gasteiger partial charge in [-0.25, -0.2) is 4.79 Å². The van der Waals surface area contributed by atoms with Crippen molar-refractivity contribution in [2.75, 3.05) is 6.61 Å². The summed E-state index contributed by atoms with van der Waals surface area (Å²) in [5, 5.41) is 0. The number of carbonyl (C=O) groups is 1. The lowest BCUT2D eigenvalue weighted by atomic mass is 10.1. The van der Waals surface area contributed by atoms with Crippen LogP contribution in [-0.2, 0) is 16.0 Å². The molecule has 0 saturated carbocycles. The molecular formula is C15H24N2O3. The first-order valence-electron chi connectivity index (χ1n) is 7.03. The van der Waals surface area contributed by atoms with E-state index in [1.807, 2.05) is 26.0 Å². The number of hydrogen-bond donors (Lipinski definition) is 1. The number of pyridine rings is 1. The molecule has 112 valence electrons. The Balaban J connectivity index is 2.85. The molecule has 0 bridgehead atoms. The van der Waals surface area contributed by atoms with E-state index in [9.17, 15) is 4.79 Å². The third-order valence-electron chi connectivity index (χ3n) is 2.97. The fraction of sp³-hybridized carbons (Fsp3) is 0.600. The third kappa shape index (κ3) is 4.81. The second kappa shape index (κ2) is 7.85. The maximum atomic E-state index is 11.6. The minimum Gasteiger partial charge on any atom is -0.477 e. The highest BCUT2D eigenvalue weighted by atomic mass is 16.6. The highest BCUT2D eigenvalue weighted by Gasteiger charge is 2.18. The monoisotopic (exact) mass is 280 g/mol. The van der Waals surface area contributed by atoms with Gasteiger partial charge in [0.15, 0.2) is 6.10 Å². The Morgan fingerprint density at radius 1 is 1.40 bits per heavy atom. The van der Waals surface area contributed by atoms with E-state index in [-0.39, 0.29) is 12.0 Å². The lowest BCUT2D eigenvalue weighted by molar-refractivity contribution is -0.150. The summed E-state index contributed by atoms with van der Waals surface area (Å²) >= 11 is 0. The second-order valence-electron chi connectivity index (χ2n) is 4.78. The van der Waals surface area contributed by atoms with Crippen molar-refractivity contribution in [2.24, 2.45) is 5.73 Å². The van der Waals surface area contributed by atoms with Gasteiger partial charge in [0.2, 0.25) is 0 Å². The minimum atomic E-state index is -0.656. The van der Waals surface area contributed by atoms with E-state index in [1.165, 1.54) is 0 Å². The molecule has 0 aliphatic carbocycles. The summed E-state index contributed by atoms with van der Waals surface area (Å²) in [6.07, 6.45) is 0.835. The first-order chi connectivity index (χ1) is 9.47. The summed E-state index contributed by atoms with van der Waals surface area (Å²) in [6.45, 7) is 7.72. The van der Waals surface area contributed by atoms with Crippen molar-refractivity contribution in [3.8, 4) is 5.75 Å². The molecule has 0 aliphatic heterocycles. The van der Waals surface area contributed by atoms with Crippen LogP contribution in [0.1, 0.15) is 38.6 Å². The lowest BCUT2D eigenvalue weighted by Crippen LogP contribution is -2.28. The quantitative estimate of drug-likeness (QED) is 0.773. The zero-order chi connectivity index (χ0) is 15.1. The molecule has 0 fully saturated rings. The van der Waals surface area contributed by atoms with Crippen molar-refractivity contribution >= 4 is 5.97 Å². The number of esters is 1. The summed E-state index contributed by atoms with van der Waals surface area (Å²) in [7, 11) is 0. The van der Waals surface area contributed by atoms with Crippen LogP contribution < -0.4 is 10.5 Å². The van der Waals surface area contributed by atoms with Gasteiger partial charge in [-0.15, -0.1) is 0 Å². The molecule has 2 unspecified atom stereocenters. The third-order valence-corrected chi connectivity index (χ3v) is 2.97. The lowest BCUT2D eigenvalue weighted by Gasteiger charge is -2.17. The molecule has 1 heterocycles. The molecule has 0 amide bonds. The van der Waals surface area contributed by atoms with Crippen LogP contribution in [-0.4, -0.2) is 29.7 Å². The molecular weight excluding hydrogens is 256 g/mol. The van der Waals surface area contributed by atoms with Crippen LogP contribution in [0, 0.1) is 6.92 Å².